The molecule has 0 fully saturated rings. The van der Waals surface area contributed by atoms with Gasteiger partial charge in [0.25, 0.3) is 0 Å². The number of carbonyl (C=O) groups is 2. The quantitative estimate of drug-likeness (QED) is 0.617. The molecule has 3 aromatic carbocycles. The van der Waals surface area contributed by atoms with Crippen molar-refractivity contribution < 1.29 is 19.4 Å². The summed E-state index contributed by atoms with van der Waals surface area (Å²) in [6.45, 7) is 0.150. The van der Waals surface area contributed by atoms with Crippen molar-refractivity contribution >= 4 is 12.1 Å². The number of fused-ring (bicyclic) bond motifs is 3. The van der Waals surface area contributed by atoms with E-state index in [9.17, 15) is 14.7 Å². The molecule has 0 bridgehead atoms. The van der Waals surface area contributed by atoms with E-state index in [4.69, 9.17) is 4.74 Å². The number of carboxylic acids is 1. The molecule has 0 unspecified atom stereocenters. The van der Waals surface area contributed by atoms with Crippen LogP contribution >= 0.6 is 0 Å². The molecule has 0 saturated carbocycles. The number of hydrogen-bond donors (Lipinski definition) is 2. The molecule has 0 radical (unpaired) electrons. The highest BCUT2D eigenvalue weighted by Gasteiger charge is 2.29. The van der Waals surface area contributed by atoms with Crippen LogP contribution in [0, 0.1) is 0 Å². The second kappa shape index (κ2) is 8.19. The first-order valence-corrected chi connectivity index (χ1v) is 9.51. The van der Waals surface area contributed by atoms with E-state index in [0.29, 0.717) is 0 Å². The SMILES string of the molecule is O=C(N[C@@H](Cc1ccccc1)C(=[18O])[18OH])OCC1c2ccccc2-c2ccccc21. The standard InChI is InChI=1S/C24H21NO4/c26-23(27)22(14-16-8-2-1-3-9-16)25-24(28)29-15-21-19-12-6-4-10-17(19)18-11-5-7-13-20(18)21/h1-13,21-22H,14-15H2,(H,25,28)(H,26,27)/t22-/m0/s1/i26+2,27+2. The number of rotatable bonds is 6. The van der Waals surface area contributed by atoms with Gasteiger partial charge in [-0.1, -0.05) is 78.9 Å². The highest BCUT2D eigenvalue weighted by atomic mass is 18.2. The number of hydrogen-bond acceptors (Lipinski definition) is 3. The Hall–Kier alpha value is -3.60. The summed E-state index contributed by atoms with van der Waals surface area (Å²) in [6.07, 6.45) is -0.532. The molecule has 4 rings (SSSR count). The molecule has 146 valence electrons. The van der Waals surface area contributed by atoms with Crippen LogP contribution in [0.2, 0.25) is 0 Å². The molecular formula is C24H21NO4. The molecule has 5 nitrogen and oxygen atoms in total. The van der Waals surface area contributed by atoms with Gasteiger partial charge in [-0.15, -0.1) is 0 Å². The number of ether oxygens (including phenoxy) is 1. The molecule has 1 aliphatic carbocycles. The lowest BCUT2D eigenvalue weighted by atomic mass is 9.98. The minimum atomic E-state index is -1.10. The van der Waals surface area contributed by atoms with Gasteiger partial charge in [-0.25, -0.2) is 9.59 Å². The van der Waals surface area contributed by atoms with Crippen LogP contribution in [0.3, 0.4) is 0 Å². The van der Waals surface area contributed by atoms with Crippen molar-refractivity contribution in [1.82, 2.24) is 5.32 Å². The van der Waals surface area contributed by atoms with Gasteiger partial charge in [0.05, 0.1) is 0 Å². The molecule has 0 spiro atoms. The molecule has 1 atom stereocenters. The highest BCUT2D eigenvalue weighted by molar-refractivity contribution is 5.81. The number of carboxylic acid groups (broad SMARTS) is 1. The lowest BCUT2D eigenvalue weighted by Crippen LogP contribution is -2.42. The average molecular weight is 391 g/mol. The Bertz CT molecular complexity index is 986. The molecule has 2 N–H and O–H groups in total. The second-order valence-corrected chi connectivity index (χ2v) is 7.05. The zero-order valence-corrected chi connectivity index (χ0v) is 15.7. The fraction of sp³-hybridized carbons (Fsp3) is 0.167. The summed E-state index contributed by atoms with van der Waals surface area (Å²) in [7, 11) is 0. The van der Waals surface area contributed by atoms with Gasteiger partial charge in [-0.2, -0.15) is 0 Å². The minimum absolute atomic E-state index is 0.0643. The molecule has 0 saturated heterocycles. The molecular weight excluding hydrogens is 370 g/mol. The van der Waals surface area contributed by atoms with Crippen molar-refractivity contribution in [1.29, 1.82) is 0 Å². The lowest BCUT2D eigenvalue weighted by molar-refractivity contribution is -0.139. The summed E-state index contributed by atoms with van der Waals surface area (Å²) >= 11 is 0. The maximum Gasteiger partial charge on any atom is 0.407 e. The van der Waals surface area contributed by atoms with E-state index in [-0.39, 0.29) is 18.9 Å². The third kappa shape index (κ3) is 3.99. The van der Waals surface area contributed by atoms with Crippen molar-refractivity contribution in [3.8, 4) is 11.1 Å². The molecule has 5 heteroatoms. The number of amides is 1. The Morgan fingerprint density at radius 3 is 2.07 bits per heavy atom. The highest BCUT2D eigenvalue weighted by Crippen LogP contribution is 2.44. The Balaban J connectivity index is 1.43. The third-order valence-electron chi connectivity index (χ3n) is 5.22. The smallest absolute Gasteiger partial charge is 0.407 e. The van der Waals surface area contributed by atoms with Gasteiger partial charge >= 0.3 is 12.1 Å². The van der Waals surface area contributed by atoms with Gasteiger partial charge in [0.2, 0.25) is 0 Å². The number of aliphatic carboxylic acids is 1. The van der Waals surface area contributed by atoms with Gasteiger partial charge in [0.15, 0.2) is 0 Å². The maximum absolute atomic E-state index is 12.3. The summed E-state index contributed by atoms with van der Waals surface area (Å²) < 4.78 is 5.44. The molecule has 1 aliphatic rings. The predicted octanol–water partition coefficient (Wildman–Crippen LogP) is 4.22. The number of nitrogens with one attached hydrogen (secondary N) is 1. The maximum atomic E-state index is 12.3. The van der Waals surface area contributed by atoms with Crippen LogP contribution in [0.5, 0.6) is 0 Å². The first-order chi connectivity index (χ1) is 14.1. The third-order valence-corrected chi connectivity index (χ3v) is 5.22. The molecule has 0 aliphatic heterocycles. The average Bonchev–Trinajstić information content (AvgIpc) is 3.06. The van der Waals surface area contributed by atoms with Gasteiger partial charge in [0.1, 0.15) is 12.6 Å². The normalized spacial score (nSPS) is 13.2. The summed E-state index contributed by atoms with van der Waals surface area (Å²) in [6, 6.07) is 24.3. The van der Waals surface area contributed by atoms with Crippen LogP contribution in [0.4, 0.5) is 4.79 Å². The van der Waals surface area contributed by atoms with E-state index in [1.54, 1.807) is 0 Å². The van der Waals surface area contributed by atoms with Gasteiger partial charge < -0.3 is 15.2 Å². The van der Waals surface area contributed by atoms with Crippen molar-refractivity contribution in [2.24, 2.45) is 0 Å². The molecule has 29 heavy (non-hydrogen) atoms. The van der Waals surface area contributed by atoms with Crippen LogP contribution in [0.1, 0.15) is 22.6 Å². The van der Waals surface area contributed by atoms with Crippen LogP contribution in [-0.2, 0) is 16.0 Å². The van der Waals surface area contributed by atoms with Crippen molar-refractivity contribution in [2.45, 2.75) is 18.4 Å². The Kier molecular flexibility index (Phi) is 5.29. The van der Waals surface area contributed by atoms with Crippen LogP contribution < -0.4 is 5.32 Å². The van der Waals surface area contributed by atoms with E-state index in [2.05, 4.69) is 17.4 Å². The fourth-order valence-corrected chi connectivity index (χ4v) is 3.83. The van der Waals surface area contributed by atoms with Crippen molar-refractivity contribution in [2.75, 3.05) is 6.61 Å². The zero-order chi connectivity index (χ0) is 20.2. The second-order valence-electron chi connectivity index (χ2n) is 7.05. The first-order valence-electron chi connectivity index (χ1n) is 9.51. The number of carbonyl (C=O) groups excluding carboxylic acids is 1. The summed E-state index contributed by atoms with van der Waals surface area (Å²) in [4.78, 5) is 23.9. The number of benzene rings is 3. The van der Waals surface area contributed by atoms with Gasteiger partial charge in [0, 0.05) is 12.3 Å². The molecule has 0 aromatic heterocycles. The van der Waals surface area contributed by atoms with Gasteiger partial charge in [-0.3, -0.25) is 0 Å². The Morgan fingerprint density at radius 1 is 0.931 bits per heavy atom. The van der Waals surface area contributed by atoms with Gasteiger partial charge in [-0.05, 0) is 27.8 Å². The molecule has 0 heterocycles. The molecule has 1 amide bonds. The fourth-order valence-electron chi connectivity index (χ4n) is 3.83. The lowest BCUT2D eigenvalue weighted by Gasteiger charge is -2.17. The van der Waals surface area contributed by atoms with Crippen LogP contribution in [0.25, 0.3) is 11.1 Å². The van der Waals surface area contributed by atoms with E-state index < -0.39 is 18.1 Å². The van der Waals surface area contributed by atoms with E-state index in [1.165, 1.54) is 0 Å². The van der Waals surface area contributed by atoms with Crippen LogP contribution in [0.15, 0.2) is 78.9 Å². The largest absolute Gasteiger partial charge is 0.480 e. The predicted molar refractivity (Wildman–Crippen MR) is 110 cm³/mol. The zero-order valence-electron chi connectivity index (χ0n) is 15.7. The summed E-state index contributed by atoms with van der Waals surface area (Å²) in [5.74, 6) is -1.16. The number of alkyl carbamates (subject to hydrolysis) is 1. The topological polar surface area (TPSA) is 75.6 Å². The summed E-state index contributed by atoms with van der Waals surface area (Å²) in [5.41, 5.74) is 5.34. The first kappa shape index (κ1) is 18.7. The summed E-state index contributed by atoms with van der Waals surface area (Å²) in [5, 5.41) is 11.9. The van der Waals surface area contributed by atoms with E-state index >= 15 is 0 Å². The van der Waals surface area contributed by atoms with Crippen LogP contribution in [-0.4, -0.2) is 29.8 Å². The Morgan fingerprint density at radius 2 is 1.48 bits per heavy atom. The van der Waals surface area contributed by atoms with E-state index in [0.717, 1.165) is 27.8 Å². The van der Waals surface area contributed by atoms with Crippen molar-refractivity contribution in [3.63, 3.8) is 0 Å². The minimum Gasteiger partial charge on any atom is -0.480 e. The monoisotopic (exact) mass is 391 g/mol. The van der Waals surface area contributed by atoms with E-state index in [1.807, 2.05) is 66.7 Å². The van der Waals surface area contributed by atoms with Crippen molar-refractivity contribution in [3.05, 3.63) is 95.6 Å². The molecule has 3 aromatic rings. The Labute approximate surface area is 169 Å².